The number of aryl methyl sites for hydroxylation is 1. The molecule has 0 aliphatic heterocycles. The maximum atomic E-state index is 11.6. The number of nitrogens with one attached hydrogen (secondary N) is 2. The van der Waals surface area contributed by atoms with E-state index in [0.717, 1.165) is 17.7 Å². The van der Waals surface area contributed by atoms with Crippen molar-refractivity contribution < 1.29 is 4.79 Å². The predicted molar refractivity (Wildman–Crippen MR) is 61.2 cm³/mol. The number of pyridine rings is 1. The highest BCUT2D eigenvalue weighted by atomic mass is 16.1. The quantitative estimate of drug-likeness (QED) is 0.811. The molecule has 0 unspecified atom stereocenters. The molecule has 0 radical (unpaired) electrons. The van der Waals surface area contributed by atoms with Gasteiger partial charge in [-0.15, -0.1) is 0 Å². The van der Waals surface area contributed by atoms with Crippen LogP contribution < -0.4 is 5.32 Å². The van der Waals surface area contributed by atoms with E-state index in [9.17, 15) is 4.79 Å². The maximum absolute atomic E-state index is 11.6. The molecule has 88 valence electrons. The van der Waals surface area contributed by atoms with Crippen LogP contribution in [0.2, 0.25) is 0 Å². The number of carbonyl (C=O) groups is 1. The monoisotopic (exact) mass is 231 g/mol. The number of hydrogen-bond donors (Lipinski definition) is 2. The summed E-state index contributed by atoms with van der Waals surface area (Å²) in [7, 11) is 0. The molecule has 6 heteroatoms. The van der Waals surface area contributed by atoms with E-state index in [2.05, 4.69) is 32.6 Å². The number of aromatic nitrogens is 4. The van der Waals surface area contributed by atoms with E-state index in [1.54, 1.807) is 6.20 Å². The van der Waals surface area contributed by atoms with Crippen LogP contribution in [0.5, 0.6) is 0 Å². The van der Waals surface area contributed by atoms with Crippen molar-refractivity contribution in [3.63, 3.8) is 0 Å². The lowest BCUT2D eigenvalue weighted by atomic mass is 10.1. The van der Waals surface area contributed by atoms with Gasteiger partial charge in [-0.3, -0.25) is 9.78 Å². The van der Waals surface area contributed by atoms with E-state index >= 15 is 0 Å². The molecule has 1 amide bonds. The first-order valence-electron chi connectivity index (χ1n) is 5.38. The Hall–Kier alpha value is -2.24. The molecule has 0 aliphatic rings. The van der Waals surface area contributed by atoms with Crippen molar-refractivity contribution in [2.24, 2.45) is 0 Å². The number of nitrogens with zero attached hydrogens (tertiary/aromatic N) is 3. The van der Waals surface area contributed by atoms with Gasteiger partial charge < -0.3 is 5.32 Å². The van der Waals surface area contributed by atoms with E-state index in [-0.39, 0.29) is 11.6 Å². The van der Waals surface area contributed by atoms with Gasteiger partial charge in [0.15, 0.2) is 5.69 Å². The molecule has 0 fully saturated rings. The molecule has 17 heavy (non-hydrogen) atoms. The van der Waals surface area contributed by atoms with Crippen LogP contribution in [0, 0.1) is 0 Å². The minimum atomic E-state index is -0.258. The molecule has 2 rings (SSSR count). The number of carbonyl (C=O) groups excluding carboxylic acids is 1. The summed E-state index contributed by atoms with van der Waals surface area (Å²) < 4.78 is 0. The zero-order valence-electron chi connectivity index (χ0n) is 9.47. The molecule has 0 aliphatic carbocycles. The Morgan fingerprint density at radius 2 is 2.41 bits per heavy atom. The largest absolute Gasteiger partial charge is 0.345 e. The average molecular weight is 231 g/mol. The van der Waals surface area contributed by atoms with Crippen LogP contribution in [0.15, 0.2) is 24.5 Å². The molecule has 0 atom stereocenters. The molecular formula is C11H13N5O. The molecule has 2 aromatic heterocycles. The predicted octanol–water partition coefficient (Wildman–Crippen LogP) is 0.692. The zero-order chi connectivity index (χ0) is 12.1. The van der Waals surface area contributed by atoms with Crippen LogP contribution in [0.3, 0.4) is 0 Å². The lowest BCUT2D eigenvalue weighted by molar-refractivity contribution is 0.0945. The number of amides is 1. The van der Waals surface area contributed by atoms with Crippen molar-refractivity contribution in [3.05, 3.63) is 41.5 Å². The van der Waals surface area contributed by atoms with Crippen LogP contribution in [0.1, 0.15) is 28.7 Å². The van der Waals surface area contributed by atoms with Gasteiger partial charge in [0.1, 0.15) is 0 Å². The lowest BCUT2D eigenvalue weighted by Gasteiger charge is -2.06. The highest BCUT2D eigenvalue weighted by Crippen LogP contribution is 2.05. The first-order chi connectivity index (χ1) is 8.31. The molecule has 2 N–H and O–H groups in total. The Morgan fingerprint density at radius 3 is 3.12 bits per heavy atom. The molecule has 0 saturated carbocycles. The fourth-order valence-corrected chi connectivity index (χ4v) is 1.52. The normalized spacial score (nSPS) is 10.2. The molecule has 6 nitrogen and oxygen atoms in total. The summed E-state index contributed by atoms with van der Waals surface area (Å²) in [5.74, 6) is -0.258. The molecular weight excluding hydrogens is 218 g/mol. The SMILES string of the molecule is CCc1cccnc1CNC(=O)c1cn[nH]n1. The van der Waals surface area contributed by atoms with Gasteiger partial charge >= 0.3 is 0 Å². The first kappa shape index (κ1) is 11.3. The van der Waals surface area contributed by atoms with Gasteiger partial charge in [-0.05, 0) is 18.1 Å². The van der Waals surface area contributed by atoms with E-state index in [1.165, 1.54) is 6.20 Å². The molecule has 0 saturated heterocycles. The molecule has 0 spiro atoms. The second-order valence-corrected chi connectivity index (χ2v) is 3.50. The van der Waals surface area contributed by atoms with E-state index in [4.69, 9.17) is 0 Å². The Morgan fingerprint density at radius 1 is 1.53 bits per heavy atom. The number of aromatic amines is 1. The van der Waals surface area contributed by atoms with Gasteiger partial charge in [-0.2, -0.15) is 15.4 Å². The molecule has 0 bridgehead atoms. The van der Waals surface area contributed by atoms with E-state index in [1.807, 2.05) is 12.1 Å². The van der Waals surface area contributed by atoms with Crippen LogP contribution in [-0.4, -0.2) is 26.3 Å². The summed E-state index contributed by atoms with van der Waals surface area (Å²) in [4.78, 5) is 15.9. The third-order valence-corrected chi connectivity index (χ3v) is 2.43. The van der Waals surface area contributed by atoms with Crippen molar-refractivity contribution >= 4 is 5.91 Å². The van der Waals surface area contributed by atoms with Crippen LogP contribution in [0.25, 0.3) is 0 Å². The highest BCUT2D eigenvalue weighted by Gasteiger charge is 2.09. The summed E-state index contributed by atoms with van der Waals surface area (Å²) in [5.41, 5.74) is 2.29. The van der Waals surface area contributed by atoms with Crippen molar-refractivity contribution in [2.45, 2.75) is 19.9 Å². The number of H-pyrrole nitrogens is 1. The topological polar surface area (TPSA) is 83.6 Å². The summed E-state index contributed by atoms with van der Waals surface area (Å²) in [6, 6.07) is 3.90. The van der Waals surface area contributed by atoms with Crippen molar-refractivity contribution in [3.8, 4) is 0 Å². The Balaban J connectivity index is 2.00. The maximum Gasteiger partial charge on any atom is 0.273 e. The fraction of sp³-hybridized carbons (Fsp3) is 0.273. The molecule has 2 heterocycles. The Kier molecular flexibility index (Phi) is 3.44. The van der Waals surface area contributed by atoms with Crippen molar-refractivity contribution in [1.82, 2.24) is 25.7 Å². The van der Waals surface area contributed by atoms with Gasteiger partial charge in [0.2, 0.25) is 0 Å². The lowest BCUT2D eigenvalue weighted by Crippen LogP contribution is -2.24. The van der Waals surface area contributed by atoms with Gasteiger partial charge in [-0.1, -0.05) is 13.0 Å². The standard InChI is InChI=1S/C11H13N5O/c1-2-8-4-3-5-12-9(8)6-13-11(17)10-7-14-16-15-10/h3-5,7H,2,6H2,1H3,(H,13,17)(H,14,15,16). The van der Waals surface area contributed by atoms with E-state index in [0.29, 0.717) is 6.54 Å². The minimum absolute atomic E-state index is 0.258. The molecule has 0 aromatic carbocycles. The summed E-state index contributed by atoms with van der Waals surface area (Å²) in [5, 5.41) is 12.4. The smallest absolute Gasteiger partial charge is 0.273 e. The molecule has 2 aromatic rings. The minimum Gasteiger partial charge on any atom is -0.345 e. The van der Waals surface area contributed by atoms with Gasteiger partial charge in [0.05, 0.1) is 18.4 Å². The second-order valence-electron chi connectivity index (χ2n) is 3.50. The summed E-state index contributed by atoms with van der Waals surface area (Å²) in [6.45, 7) is 2.45. The Labute approximate surface area is 98.5 Å². The summed E-state index contributed by atoms with van der Waals surface area (Å²) >= 11 is 0. The number of rotatable bonds is 4. The van der Waals surface area contributed by atoms with Crippen molar-refractivity contribution in [1.29, 1.82) is 0 Å². The Bertz CT molecular complexity index is 494. The highest BCUT2D eigenvalue weighted by molar-refractivity contribution is 5.91. The average Bonchev–Trinajstić information content (AvgIpc) is 2.90. The second kappa shape index (κ2) is 5.20. The van der Waals surface area contributed by atoms with Gasteiger partial charge in [0, 0.05) is 6.20 Å². The fourth-order valence-electron chi connectivity index (χ4n) is 1.52. The van der Waals surface area contributed by atoms with Gasteiger partial charge in [-0.25, -0.2) is 0 Å². The zero-order valence-corrected chi connectivity index (χ0v) is 9.47. The third kappa shape index (κ3) is 2.66. The number of hydrogen-bond acceptors (Lipinski definition) is 4. The third-order valence-electron chi connectivity index (χ3n) is 2.43. The van der Waals surface area contributed by atoms with Crippen molar-refractivity contribution in [2.75, 3.05) is 0 Å². The van der Waals surface area contributed by atoms with Crippen LogP contribution >= 0.6 is 0 Å². The first-order valence-corrected chi connectivity index (χ1v) is 5.38. The van der Waals surface area contributed by atoms with Crippen LogP contribution in [-0.2, 0) is 13.0 Å². The summed E-state index contributed by atoms with van der Waals surface area (Å²) in [6.07, 6.45) is 3.99. The van der Waals surface area contributed by atoms with Crippen LogP contribution in [0.4, 0.5) is 0 Å². The van der Waals surface area contributed by atoms with Gasteiger partial charge in [0.25, 0.3) is 5.91 Å². The van der Waals surface area contributed by atoms with E-state index < -0.39 is 0 Å².